The van der Waals surface area contributed by atoms with E-state index in [0.29, 0.717) is 24.3 Å². The summed E-state index contributed by atoms with van der Waals surface area (Å²) in [4.78, 5) is 23.8. The van der Waals surface area contributed by atoms with E-state index < -0.39 is 6.04 Å². The second-order valence-corrected chi connectivity index (χ2v) is 4.54. The maximum atomic E-state index is 12.0. The summed E-state index contributed by atoms with van der Waals surface area (Å²) in [5, 5.41) is 5.57. The molecule has 102 valence electrons. The highest BCUT2D eigenvalue weighted by atomic mass is 16.5. The molecule has 0 radical (unpaired) electrons. The maximum Gasteiger partial charge on any atom is 0.251 e. The zero-order valence-electron chi connectivity index (χ0n) is 10.9. The van der Waals surface area contributed by atoms with Crippen LogP contribution in [0.1, 0.15) is 29.6 Å². The highest BCUT2D eigenvalue weighted by molar-refractivity contribution is 5.97. The lowest BCUT2D eigenvalue weighted by atomic mass is 10.1. The second kappa shape index (κ2) is 6.22. The third-order valence-electron chi connectivity index (χ3n) is 3.19. The molecule has 19 heavy (non-hydrogen) atoms. The summed E-state index contributed by atoms with van der Waals surface area (Å²) in [6, 6.07) is 6.38. The largest absolute Gasteiger partial charge is 0.497 e. The first-order valence-corrected chi connectivity index (χ1v) is 6.43. The number of methoxy groups -OCH3 is 1. The molecule has 0 aromatic heterocycles. The van der Waals surface area contributed by atoms with Crippen molar-refractivity contribution in [2.75, 3.05) is 13.7 Å². The van der Waals surface area contributed by atoms with E-state index in [1.165, 1.54) is 0 Å². The molecule has 1 aromatic rings. The molecule has 1 aliphatic heterocycles. The molecule has 1 atom stereocenters. The van der Waals surface area contributed by atoms with E-state index in [-0.39, 0.29) is 11.8 Å². The fourth-order valence-electron chi connectivity index (χ4n) is 2.06. The average Bonchev–Trinajstić information content (AvgIpc) is 2.64. The molecule has 1 aliphatic rings. The summed E-state index contributed by atoms with van der Waals surface area (Å²) < 4.78 is 5.04. The van der Waals surface area contributed by atoms with Crippen LogP contribution >= 0.6 is 0 Å². The van der Waals surface area contributed by atoms with Crippen molar-refractivity contribution in [3.63, 3.8) is 0 Å². The van der Waals surface area contributed by atoms with E-state index in [9.17, 15) is 9.59 Å². The smallest absolute Gasteiger partial charge is 0.251 e. The van der Waals surface area contributed by atoms with E-state index in [2.05, 4.69) is 10.6 Å². The highest BCUT2D eigenvalue weighted by Gasteiger charge is 2.22. The van der Waals surface area contributed by atoms with Gasteiger partial charge in [0.15, 0.2) is 0 Å². The molecule has 0 unspecified atom stereocenters. The van der Waals surface area contributed by atoms with Gasteiger partial charge in [-0.15, -0.1) is 0 Å². The summed E-state index contributed by atoms with van der Waals surface area (Å²) in [6.45, 7) is 0.688. The van der Waals surface area contributed by atoms with Crippen LogP contribution in [0.2, 0.25) is 0 Å². The molecule has 2 amide bonds. The Kier molecular flexibility index (Phi) is 4.39. The second-order valence-electron chi connectivity index (χ2n) is 4.54. The van der Waals surface area contributed by atoms with Crippen molar-refractivity contribution in [2.24, 2.45) is 0 Å². The van der Waals surface area contributed by atoms with Gasteiger partial charge in [0.2, 0.25) is 5.91 Å². The molecule has 1 saturated heterocycles. The molecule has 2 N–H and O–H groups in total. The molecule has 5 nitrogen and oxygen atoms in total. The minimum absolute atomic E-state index is 0.0978. The van der Waals surface area contributed by atoms with Crippen molar-refractivity contribution in [2.45, 2.75) is 25.3 Å². The van der Waals surface area contributed by atoms with Crippen LogP contribution in [0.25, 0.3) is 0 Å². The fraction of sp³-hybridized carbons (Fsp3) is 0.429. The standard InChI is InChI=1S/C14H18N2O3/c1-19-11-7-5-10(6-8-11)13(17)16-12-4-2-3-9-15-14(12)18/h5-8,12H,2-4,9H2,1H3,(H,15,18)(H,16,17)/t12-/m1/s1. The number of hydrogen-bond acceptors (Lipinski definition) is 3. The maximum absolute atomic E-state index is 12.0. The highest BCUT2D eigenvalue weighted by Crippen LogP contribution is 2.12. The van der Waals surface area contributed by atoms with Gasteiger partial charge in [0.1, 0.15) is 11.8 Å². The molecule has 1 heterocycles. The molecule has 1 aromatic carbocycles. The van der Waals surface area contributed by atoms with E-state index >= 15 is 0 Å². The van der Waals surface area contributed by atoms with Crippen molar-refractivity contribution in [1.29, 1.82) is 0 Å². The predicted molar refractivity (Wildman–Crippen MR) is 71.1 cm³/mol. The van der Waals surface area contributed by atoms with E-state index in [1.807, 2.05) is 0 Å². The van der Waals surface area contributed by atoms with Gasteiger partial charge in [0, 0.05) is 12.1 Å². The number of hydrogen-bond donors (Lipinski definition) is 2. The van der Waals surface area contributed by atoms with Crippen LogP contribution < -0.4 is 15.4 Å². The molecular weight excluding hydrogens is 244 g/mol. The van der Waals surface area contributed by atoms with E-state index in [0.717, 1.165) is 12.8 Å². The average molecular weight is 262 g/mol. The third kappa shape index (κ3) is 3.47. The summed E-state index contributed by atoms with van der Waals surface area (Å²) in [5.41, 5.74) is 0.526. The number of carbonyl (C=O) groups excluding carboxylic acids is 2. The Bertz CT molecular complexity index is 456. The Hall–Kier alpha value is -2.04. The number of benzene rings is 1. The van der Waals surface area contributed by atoms with E-state index in [4.69, 9.17) is 4.74 Å². The summed E-state index contributed by atoms with van der Waals surface area (Å²) in [7, 11) is 1.57. The lowest BCUT2D eigenvalue weighted by molar-refractivity contribution is -0.122. The quantitative estimate of drug-likeness (QED) is 0.857. The van der Waals surface area contributed by atoms with Gasteiger partial charge in [-0.05, 0) is 43.5 Å². The lowest BCUT2D eigenvalue weighted by Gasteiger charge is -2.15. The first kappa shape index (κ1) is 13.4. The fourth-order valence-corrected chi connectivity index (χ4v) is 2.06. The minimum atomic E-state index is -0.433. The molecule has 0 aliphatic carbocycles. The number of amides is 2. The molecule has 1 fully saturated rings. The van der Waals surface area contributed by atoms with Crippen LogP contribution in [-0.4, -0.2) is 31.5 Å². The summed E-state index contributed by atoms with van der Waals surface area (Å²) in [5.74, 6) is 0.368. The van der Waals surface area contributed by atoms with Crippen LogP contribution in [-0.2, 0) is 4.79 Å². The van der Waals surface area contributed by atoms with Gasteiger partial charge in [0.05, 0.1) is 7.11 Å². The van der Waals surface area contributed by atoms with Crippen LogP contribution in [0, 0.1) is 0 Å². The molecule has 0 saturated carbocycles. The van der Waals surface area contributed by atoms with Gasteiger partial charge >= 0.3 is 0 Å². The topological polar surface area (TPSA) is 67.4 Å². The Morgan fingerprint density at radius 1 is 1.32 bits per heavy atom. The molecule has 2 rings (SSSR count). The van der Waals surface area contributed by atoms with Crippen molar-refractivity contribution in [3.05, 3.63) is 29.8 Å². The van der Waals surface area contributed by atoms with Crippen molar-refractivity contribution in [3.8, 4) is 5.75 Å². The Labute approximate surface area is 112 Å². The minimum Gasteiger partial charge on any atom is -0.497 e. The predicted octanol–water partition coefficient (Wildman–Crippen LogP) is 1.09. The zero-order valence-corrected chi connectivity index (χ0v) is 10.9. The Morgan fingerprint density at radius 3 is 2.74 bits per heavy atom. The van der Waals surface area contributed by atoms with Gasteiger partial charge in [-0.25, -0.2) is 0 Å². The molecular formula is C14H18N2O3. The number of nitrogens with one attached hydrogen (secondary N) is 2. The van der Waals surface area contributed by atoms with Gasteiger partial charge in [0.25, 0.3) is 5.91 Å². The lowest BCUT2D eigenvalue weighted by Crippen LogP contribution is -2.45. The first-order valence-electron chi connectivity index (χ1n) is 6.43. The van der Waals surface area contributed by atoms with Gasteiger partial charge in [-0.1, -0.05) is 0 Å². The van der Waals surface area contributed by atoms with E-state index in [1.54, 1.807) is 31.4 Å². The number of carbonyl (C=O) groups is 2. The van der Waals surface area contributed by atoms with Crippen LogP contribution in [0.4, 0.5) is 0 Å². The monoisotopic (exact) mass is 262 g/mol. The Balaban J connectivity index is 2.00. The van der Waals surface area contributed by atoms with Crippen molar-refractivity contribution >= 4 is 11.8 Å². The molecule has 0 spiro atoms. The first-order chi connectivity index (χ1) is 9.20. The third-order valence-corrected chi connectivity index (χ3v) is 3.19. The molecule has 5 heteroatoms. The SMILES string of the molecule is COc1ccc(C(=O)N[C@@H]2CCCCNC2=O)cc1. The van der Waals surface area contributed by atoms with Gasteiger partial charge in [-0.3, -0.25) is 9.59 Å². The van der Waals surface area contributed by atoms with Crippen LogP contribution in [0.3, 0.4) is 0 Å². The molecule has 0 bridgehead atoms. The van der Waals surface area contributed by atoms with Crippen molar-refractivity contribution in [1.82, 2.24) is 10.6 Å². The summed E-state index contributed by atoms with van der Waals surface area (Å²) in [6.07, 6.45) is 2.58. The van der Waals surface area contributed by atoms with Gasteiger partial charge < -0.3 is 15.4 Å². The summed E-state index contributed by atoms with van der Waals surface area (Å²) >= 11 is 0. The van der Waals surface area contributed by atoms with Gasteiger partial charge in [-0.2, -0.15) is 0 Å². The zero-order chi connectivity index (χ0) is 13.7. The van der Waals surface area contributed by atoms with Crippen LogP contribution in [0.5, 0.6) is 5.75 Å². The van der Waals surface area contributed by atoms with Crippen molar-refractivity contribution < 1.29 is 14.3 Å². The Morgan fingerprint density at radius 2 is 2.05 bits per heavy atom. The van der Waals surface area contributed by atoms with Crippen LogP contribution in [0.15, 0.2) is 24.3 Å². The number of rotatable bonds is 3. The normalized spacial score (nSPS) is 19.2. The number of ether oxygens (including phenoxy) is 1.